The fraction of sp³-hybridized carbons (Fsp3) is 0. The maximum atomic E-state index is 10.3. The third-order valence-electron chi connectivity index (χ3n) is 1.20. The summed E-state index contributed by atoms with van der Waals surface area (Å²) in [7, 11) is 0. The Bertz CT molecular complexity index is 287. The van der Waals surface area contributed by atoms with E-state index >= 15 is 0 Å². The zero-order valence-corrected chi connectivity index (χ0v) is 7.52. The van der Waals surface area contributed by atoms with Gasteiger partial charge in [-0.3, -0.25) is 0 Å². The lowest BCUT2D eigenvalue weighted by Crippen LogP contribution is -2.36. The summed E-state index contributed by atoms with van der Waals surface area (Å²) >= 11 is 3.11. The van der Waals surface area contributed by atoms with Crippen molar-refractivity contribution in [2.45, 2.75) is 0 Å². The third-order valence-corrected chi connectivity index (χ3v) is 1.67. The lowest BCUT2D eigenvalue weighted by molar-refractivity contribution is 0.202. The Morgan fingerprint density at radius 2 is 2.33 bits per heavy atom. The summed E-state index contributed by atoms with van der Waals surface area (Å²) in [5, 5.41) is 9.06. The number of hydrazine groups is 1. The predicted molar refractivity (Wildman–Crippen MR) is 46.6 cm³/mol. The van der Waals surface area contributed by atoms with Crippen LogP contribution >= 0.6 is 15.9 Å². The minimum absolute atomic E-state index is 0.325. The number of nitrogens with two attached hydrogens (primary N) is 1. The van der Waals surface area contributed by atoms with E-state index < -0.39 is 6.09 Å². The van der Waals surface area contributed by atoms with Crippen LogP contribution in [0.1, 0.15) is 0 Å². The van der Waals surface area contributed by atoms with Crippen molar-refractivity contribution in [3.8, 4) is 0 Å². The van der Waals surface area contributed by atoms with Gasteiger partial charge in [0.15, 0.2) is 0 Å². The van der Waals surface area contributed by atoms with E-state index in [4.69, 9.17) is 10.9 Å². The highest BCUT2D eigenvalue weighted by Gasteiger charge is 2.08. The molecule has 1 aromatic heterocycles. The van der Waals surface area contributed by atoms with Crippen molar-refractivity contribution in [3.63, 3.8) is 0 Å². The lowest BCUT2D eigenvalue weighted by atomic mass is 10.4. The minimum Gasteiger partial charge on any atom is -0.464 e. The molecule has 0 saturated carbocycles. The standard InChI is InChI=1S/C6H6BrN3O2/c7-5-2-1-4(3-9-5)10(8)6(11)12/h1-3H,8H2,(H,11,12). The SMILES string of the molecule is NN(C(=O)O)c1ccc(Br)nc1. The quantitative estimate of drug-likeness (QED) is 0.330. The minimum atomic E-state index is -1.22. The predicted octanol–water partition coefficient (Wildman–Crippen LogP) is 1.20. The largest absolute Gasteiger partial charge is 0.464 e. The van der Waals surface area contributed by atoms with Crippen LogP contribution in [-0.4, -0.2) is 16.2 Å². The number of nitrogens with zero attached hydrogens (tertiary/aromatic N) is 2. The molecule has 1 rings (SSSR count). The maximum Gasteiger partial charge on any atom is 0.426 e. The number of rotatable bonds is 1. The average molecular weight is 232 g/mol. The topological polar surface area (TPSA) is 79.5 Å². The van der Waals surface area contributed by atoms with Crippen molar-refractivity contribution < 1.29 is 9.90 Å². The first-order valence-corrected chi connectivity index (χ1v) is 3.80. The van der Waals surface area contributed by atoms with Gasteiger partial charge in [0, 0.05) is 0 Å². The first kappa shape index (κ1) is 8.95. The third kappa shape index (κ3) is 1.93. The van der Waals surface area contributed by atoms with Gasteiger partial charge < -0.3 is 5.11 Å². The van der Waals surface area contributed by atoms with E-state index in [0.29, 0.717) is 15.3 Å². The van der Waals surface area contributed by atoms with Gasteiger partial charge in [-0.05, 0) is 28.1 Å². The fourth-order valence-corrected chi connectivity index (χ4v) is 0.855. The van der Waals surface area contributed by atoms with Crippen LogP contribution in [0.15, 0.2) is 22.9 Å². The molecule has 0 bridgehead atoms. The second-order valence-electron chi connectivity index (χ2n) is 1.99. The van der Waals surface area contributed by atoms with E-state index in [9.17, 15) is 4.79 Å². The van der Waals surface area contributed by atoms with Gasteiger partial charge in [-0.25, -0.2) is 20.6 Å². The normalized spacial score (nSPS) is 9.50. The highest BCUT2D eigenvalue weighted by Crippen LogP contribution is 2.12. The summed E-state index contributed by atoms with van der Waals surface area (Å²) in [6.07, 6.45) is 0.136. The van der Waals surface area contributed by atoms with Crippen molar-refractivity contribution in [1.29, 1.82) is 0 Å². The Morgan fingerprint density at radius 3 is 2.75 bits per heavy atom. The second-order valence-corrected chi connectivity index (χ2v) is 2.80. The Morgan fingerprint density at radius 1 is 1.67 bits per heavy atom. The van der Waals surface area contributed by atoms with Crippen molar-refractivity contribution >= 4 is 27.7 Å². The first-order chi connectivity index (χ1) is 5.61. The molecule has 0 saturated heterocycles. The summed E-state index contributed by atoms with van der Waals surface area (Å²) < 4.78 is 0.630. The highest BCUT2D eigenvalue weighted by molar-refractivity contribution is 9.10. The smallest absolute Gasteiger partial charge is 0.426 e. The van der Waals surface area contributed by atoms with Crippen molar-refractivity contribution in [3.05, 3.63) is 22.9 Å². The van der Waals surface area contributed by atoms with Crippen LogP contribution in [0.25, 0.3) is 0 Å². The van der Waals surface area contributed by atoms with Gasteiger partial charge >= 0.3 is 6.09 Å². The van der Waals surface area contributed by atoms with E-state index in [1.807, 2.05) is 0 Å². The van der Waals surface area contributed by atoms with E-state index in [1.165, 1.54) is 6.20 Å². The number of hydrogen-bond donors (Lipinski definition) is 2. The van der Waals surface area contributed by atoms with Crippen LogP contribution in [0.2, 0.25) is 0 Å². The number of pyridine rings is 1. The summed E-state index contributed by atoms with van der Waals surface area (Å²) in [5.41, 5.74) is 0.325. The van der Waals surface area contributed by atoms with Gasteiger partial charge in [-0.15, -0.1) is 0 Å². The van der Waals surface area contributed by atoms with Crippen LogP contribution in [0.3, 0.4) is 0 Å². The van der Waals surface area contributed by atoms with E-state index in [0.717, 1.165) is 0 Å². The fourth-order valence-electron chi connectivity index (χ4n) is 0.621. The highest BCUT2D eigenvalue weighted by atomic mass is 79.9. The molecule has 64 valence electrons. The van der Waals surface area contributed by atoms with Gasteiger partial charge in [0.2, 0.25) is 0 Å². The number of carboxylic acid groups (broad SMARTS) is 1. The first-order valence-electron chi connectivity index (χ1n) is 3.00. The number of hydrogen-bond acceptors (Lipinski definition) is 3. The number of amides is 1. The molecule has 0 fully saturated rings. The summed E-state index contributed by atoms with van der Waals surface area (Å²) in [6, 6.07) is 3.16. The van der Waals surface area contributed by atoms with E-state index in [2.05, 4.69) is 20.9 Å². The molecule has 0 aliphatic carbocycles. The molecule has 0 aromatic carbocycles. The van der Waals surface area contributed by atoms with Gasteiger partial charge in [0.05, 0.1) is 11.9 Å². The molecular weight excluding hydrogens is 226 g/mol. The molecule has 0 unspecified atom stereocenters. The van der Waals surface area contributed by atoms with E-state index in [-0.39, 0.29) is 0 Å². The Labute approximate surface area is 76.9 Å². The zero-order valence-electron chi connectivity index (χ0n) is 5.94. The summed E-state index contributed by atoms with van der Waals surface area (Å²) in [5.74, 6) is 5.17. The Balaban J connectivity index is 2.89. The van der Waals surface area contributed by atoms with Gasteiger partial charge in [0.25, 0.3) is 0 Å². The second kappa shape index (κ2) is 3.51. The molecule has 0 aliphatic heterocycles. The van der Waals surface area contributed by atoms with Gasteiger partial charge in [-0.1, -0.05) is 0 Å². The maximum absolute atomic E-state index is 10.3. The molecule has 1 heterocycles. The van der Waals surface area contributed by atoms with Crippen LogP contribution in [0, 0.1) is 0 Å². The van der Waals surface area contributed by atoms with Crippen molar-refractivity contribution in [1.82, 2.24) is 4.98 Å². The molecule has 0 spiro atoms. The molecule has 5 nitrogen and oxygen atoms in total. The number of carbonyl (C=O) groups is 1. The van der Waals surface area contributed by atoms with Crippen LogP contribution < -0.4 is 10.9 Å². The average Bonchev–Trinajstić information content (AvgIpc) is 2.04. The molecular formula is C6H6BrN3O2. The number of halogens is 1. The molecule has 0 radical (unpaired) electrons. The molecule has 12 heavy (non-hydrogen) atoms. The van der Waals surface area contributed by atoms with Crippen LogP contribution in [0.5, 0.6) is 0 Å². The van der Waals surface area contributed by atoms with Crippen LogP contribution in [0.4, 0.5) is 10.5 Å². The van der Waals surface area contributed by atoms with Crippen molar-refractivity contribution in [2.75, 3.05) is 5.01 Å². The monoisotopic (exact) mass is 231 g/mol. The molecule has 1 amide bonds. The Hall–Kier alpha value is -1.14. The molecule has 0 aliphatic rings. The zero-order chi connectivity index (χ0) is 9.14. The van der Waals surface area contributed by atoms with Gasteiger partial charge in [0.1, 0.15) is 4.60 Å². The van der Waals surface area contributed by atoms with Crippen LogP contribution in [-0.2, 0) is 0 Å². The van der Waals surface area contributed by atoms with Gasteiger partial charge in [-0.2, -0.15) is 0 Å². The summed E-state index contributed by atoms with van der Waals surface area (Å²) in [6.45, 7) is 0. The number of anilines is 1. The summed E-state index contributed by atoms with van der Waals surface area (Å²) in [4.78, 5) is 14.2. The van der Waals surface area contributed by atoms with Crippen molar-refractivity contribution in [2.24, 2.45) is 5.84 Å². The molecule has 1 aromatic rings. The number of aromatic nitrogens is 1. The molecule has 3 N–H and O–H groups in total. The van der Waals surface area contributed by atoms with E-state index in [1.54, 1.807) is 12.1 Å². The lowest BCUT2D eigenvalue weighted by Gasteiger charge is -2.10. The molecule has 6 heteroatoms. The Kier molecular flexibility index (Phi) is 2.61. The molecule has 0 atom stereocenters.